The van der Waals surface area contributed by atoms with Crippen LogP contribution in [0, 0.1) is 10.1 Å². The Labute approximate surface area is 197 Å². The van der Waals surface area contributed by atoms with Gasteiger partial charge in [-0.15, -0.1) is 10.1 Å². The molecule has 1 atom stereocenters. The van der Waals surface area contributed by atoms with Gasteiger partial charge in [-0.1, -0.05) is 52.5 Å². The molecule has 1 aromatic heterocycles. The van der Waals surface area contributed by atoms with E-state index in [9.17, 15) is 0 Å². The first kappa shape index (κ1) is 25.0. The van der Waals surface area contributed by atoms with E-state index in [1.165, 1.54) is 0 Å². The summed E-state index contributed by atoms with van der Waals surface area (Å²) < 4.78 is 13.6. The zero-order valence-corrected chi connectivity index (χ0v) is 18.9. The largest absolute Gasteiger partial charge is 0.490 e. The molecule has 1 N–H and O–H groups in total. The fourth-order valence-corrected chi connectivity index (χ4v) is 3.52. The first-order chi connectivity index (χ1) is 14.8. The van der Waals surface area contributed by atoms with E-state index >= 15 is 0 Å². The Kier molecular flexibility index (Phi) is 10.2. The summed E-state index contributed by atoms with van der Waals surface area (Å²) in [5.41, 5.74) is 0.847. The van der Waals surface area contributed by atoms with Crippen LogP contribution in [-0.4, -0.2) is 33.1 Å². The van der Waals surface area contributed by atoms with Gasteiger partial charge in [0.05, 0.1) is 24.5 Å². The van der Waals surface area contributed by atoms with Crippen molar-refractivity contribution in [1.82, 2.24) is 9.55 Å². The molecule has 166 valence electrons. The summed E-state index contributed by atoms with van der Waals surface area (Å²) in [4.78, 5) is 12.4. The normalized spacial score (nSPS) is 11.4. The number of benzene rings is 2. The molecule has 0 radical (unpaired) electrons. The molecule has 0 bridgehead atoms. The van der Waals surface area contributed by atoms with Gasteiger partial charge >= 0.3 is 0 Å². The Morgan fingerprint density at radius 2 is 1.71 bits per heavy atom. The van der Waals surface area contributed by atoms with Crippen LogP contribution in [0.5, 0.6) is 5.75 Å². The second-order valence-corrected chi connectivity index (χ2v) is 7.63. The van der Waals surface area contributed by atoms with Crippen LogP contribution >= 0.6 is 46.4 Å². The number of hydrogen-bond acceptors (Lipinski definition) is 5. The van der Waals surface area contributed by atoms with Crippen molar-refractivity contribution in [3.63, 3.8) is 0 Å². The van der Waals surface area contributed by atoms with Gasteiger partial charge in [-0.05, 0) is 30.3 Å². The van der Waals surface area contributed by atoms with Crippen molar-refractivity contribution in [2.45, 2.75) is 12.6 Å². The number of ether oxygens (including phenoxy) is 2. The molecular weight excluding hydrogens is 492 g/mol. The fraction of sp³-hybridized carbons (Fsp3) is 0.211. The second-order valence-electron chi connectivity index (χ2n) is 5.95. The average Bonchev–Trinajstić information content (AvgIpc) is 3.18. The molecule has 8 nitrogen and oxygen atoms in total. The molecule has 1 unspecified atom stereocenters. The monoisotopic (exact) mass is 507 g/mol. The van der Waals surface area contributed by atoms with Gasteiger partial charge < -0.3 is 19.2 Å². The van der Waals surface area contributed by atoms with Crippen LogP contribution in [-0.2, 0) is 11.3 Å². The van der Waals surface area contributed by atoms with Gasteiger partial charge in [0.15, 0.2) is 0 Å². The third-order valence-electron chi connectivity index (χ3n) is 3.80. The van der Waals surface area contributed by atoms with Crippen LogP contribution in [0.15, 0.2) is 55.1 Å². The lowest BCUT2D eigenvalue weighted by Gasteiger charge is -2.20. The molecule has 12 heteroatoms. The van der Waals surface area contributed by atoms with Crippen molar-refractivity contribution < 1.29 is 19.8 Å². The molecule has 2 aromatic carbocycles. The van der Waals surface area contributed by atoms with Crippen LogP contribution in [0.25, 0.3) is 0 Å². The highest BCUT2D eigenvalue weighted by Gasteiger charge is 2.17. The van der Waals surface area contributed by atoms with Gasteiger partial charge in [0.1, 0.15) is 18.5 Å². The van der Waals surface area contributed by atoms with Crippen LogP contribution in [0.2, 0.25) is 20.1 Å². The molecule has 0 amide bonds. The lowest BCUT2D eigenvalue weighted by molar-refractivity contribution is -0.742. The lowest BCUT2D eigenvalue weighted by atomic mass is 10.1. The molecule has 0 saturated heterocycles. The van der Waals surface area contributed by atoms with Gasteiger partial charge in [-0.3, -0.25) is 0 Å². The minimum atomic E-state index is -1.50. The first-order valence-corrected chi connectivity index (χ1v) is 10.2. The Morgan fingerprint density at radius 3 is 2.29 bits per heavy atom. The van der Waals surface area contributed by atoms with Crippen molar-refractivity contribution in [2.75, 3.05) is 13.2 Å². The summed E-state index contributed by atoms with van der Waals surface area (Å²) in [5, 5.41) is 15.8. The van der Waals surface area contributed by atoms with Crippen LogP contribution < -0.4 is 4.74 Å². The third kappa shape index (κ3) is 8.80. The summed E-state index contributed by atoms with van der Waals surface area (Å²) >= 11 is 24.4. The smallest absolute Gasteiger partial charge is 0.291 e. The Morgan fingerprint density at radius 1 is 1.06 bits per heavy atom. The van der Waals surface area contributed by atoms with Crippen LogP contribution in [0.3, 0.4) is 0 Å². The van der Waals surface area contributed by atoms with E-state index in [0.717, 1.165) is 5.56 Å². The average molecular weight is 509 g/mol. The zero-order chi connectivity index (χ0) is 22.8. The predicted molar refractivity (Wildman–Crippen MR) is 118 cm³/mol. The Hall–Kier alpha value is -2.23. The summed E-state index contributed by atoms with van der Waals surface area (Å²) in [6, 6.07) is 10.4. The van der Waals surface area contributed by atoms with E-state index in [4.69, 9.17) is 71.2 Å². The number of aromatic nitrogens is 2. The summed E-state index contributed by atoms with van der Waals surface area (Å²) in [6.45, 7) is 1.23. The number of hydrogen-bond donors (Lipinski definition) is 1. The summed E-state index contributed by atoms with van der Waals surface area (Å²) in [7, 11) is 0. The molecule has 0 fully saturated rings. The van der Waals surface area contributed by atoms with E-state index in [0.29, 0.717) is 45.6 Å². The minimum Gasteiger partial charge on any atom is -0.490 e. The SMILES string of the molecule is Clc1ccc(OCCOC(Cn2ccnc2)c2ccc(Cl)cc2Cl)c(Cl)c1.O=[N+]([O-])O. The summed E-state index contributed by atoms with van der Waals surface area (Å²) in [5.74, 6) is 0.556. The number of nitrogens with zero attached hydrogens (tertiary/aromatic N) is 3. The second kappa shape index (κ2) is 12.6. The molecular formula is C19H17Cl4N3O5. The van der Waals surface area contributed by atoms with Crippen molar-refractivity contribution in [3.8, 4) is 5.75 Å². The maximum absolute atomic E-state index is 8.36. The number of halogens is 4. The van der Waals surface area contributed by atoms with E-state index in [1.807, 2.05) is 16.8 Å². The molecule has 31 heavy (non-hydrogen) atoms. The van der Waals surface area contributed by atoms with E-state index in [2.05, 4.69) is 4.98 Å². The quantitative estimate of drug-likeness (QED) is 0.228. The molecule has 3 aromatic rings. The fourth-order valence-electron chi connectivity index (χ4n) is 2.52. The van der Waals surface area contributed by atoms with Crippen LogP contribution in [0.4, 0.5) is 0 Å². The van der Waals surface area contributed by atoms with Crippen LogP contribution in [0.1, 0.15) is 11.7 Å². The highest BCUT2D eigenvalue weighted by Crippen LogP contribution is 2.30. The highest BCUT2D eigenvalue weighted by molar-refractivity contribution is 6.35. The molecule has 0 saturated carbocycles. The molecule has 0 aliphatic carbocycles. The van der Waals surface area contributed by atoms with Gasteiger partial charge in [0, 0.05) is 33.0 Å². The maximum Gasteiger partial charge on any atom is 0.291 e. The number of rotatable bonds is 8. The van der Waals surface area contributed by atoms with Gasteiger partial charge in [-0.2, -0.15) is 0 Å². The van der Waals surface area contributed by atoms with E-state index in [1.54, 1.807) is 42.9 Å². The first-order valence-electron chi connectivity index (χ1n) is 8.69. The molecule has 0 spiro atoms. The number of imidazole rings is 1. The van der Waals surface area contributed by atoms with Gasteiger partial charge in [0.2, 0.25) is 0 Å². The van der Waals surface area contributed by atoms with Crippen molar-refractivity contribution >= 4 is 46.4 Å². The molecule has 3 rings (SSSR count). The molecule has 1 heterocycles. The summed E-state index contributed by atoms with van der Waals surface area (Å²) in [6.07, 6.45) is 5.02. The van der Waals surface area contributed by atoms with E-state index < -0.39 is 5.09 Å². The predicted octanol–water partition coefficient (Wildman–Crippen LogP) is 5.99. The van der Waals surface area contributed by atoms with Gasteiger partial charge in [-0.25, -0.2) is 4.98 Å². The topological polar surface area (TPSA) is 99.7 Å². The highest BCUT2D eigenvalue weighted by atomic mass is 35.5. The minimum absolute atomic E-state index is 0.284. The van der Waals surface area contributed by atoms with Gasteiger partial charge in [0.25, 0.3) is 5.09 Å². The Balaban J connectivity index is 0.000000785. The van der Waals surface area contributed by atoms with E-state index in [-0.39, 0.29) is 6.10 Å². The van der Waals surface area contributed by atoms with Crippen molar-refractivity contribution in [3.05, 3.63) is 90.9 Å². The Bertz CT molecular complexity index is 985. The molecule has 0 aliphatic heterocycles. The zero-order valence-electron chi connectivity index (χ0n) is 15.8. The maximum atomic E-state index is 8.36. The third-order valence-corrected chi connectivity index (χ3v) is 4.89. The lowest BCUT2D eigenvalue weighted by Crippen LogP contribution is -2.16. The van der Waals surface area contributed by atoms with Crippen molar-refractivity contribution in [1.29, 1.82) is 0 Å². The standard InChI is InChI=1S/C19H16Cl4N2O2.HNO3/c20-13-1-3-15(16(22)9-13)19(11-25-6-5-24-12-25)27-8-7-26-18-4-2-14(21)10-17(18)23;2-1(3)4/h1-6,9-10,12,19H,7-8,11H2;(H,2,3,4). The van der Waals surface area contributed by atoms with Crippen molar-refractivity contribution in [2.24, 2.45) is 0 Å². The molecule has 0 aliphatic rings.